The Morgan fingerprint density at radius 1 is 1.67 bits per heavy atom. The molecule has 0 saturated carbocycles. The molecule has 0 aliphatic heterocycles. The molecule has 0 aliphatic rings. The van der Waals surface area contributed by atoms with Crippen LogP contribution in [-0.2, 0) is 6.54 Å². The van der Waals surface area contributed by atoms with Gasteiger partial charge in [0.1, 0.15) is 5.69 Å². The lowest BCUT2D eigenvalue weighted by molar-refractivity contribution is -0.384. The molecule has 1 unspecified atom stereocenters. The third-order valence-electron chi connectivity index (χ3n) is 2.50. The average Bonchev–Trinajstić information content (AvgIpc) is 2.41. The molecule has 2 N–H and O–H groups in total. The van der Waals surface area contributed by atoms with Crippen LogP contribution in [0.15, 0.2) is 0 Å². The van der Waals surface area contributed by atoms with Gasteiger partial charge in [0.05, 0.1) is 4.92 Å². The van der Waals surface area contributed by atoms with Crippen molar-refractivity contribution >= 4 is 11.5 Å². The molecule has 0 aliphatic carbocycles. The lowest BCUT2D eigenvalue weighted by Gasteiger charge is -2.08. The molecule has 84 valence electrons. The van der Waals surface area contributed by atoms with Gasteiger partial charge in [-0.15, -0.1) is 0 Å². The number of aryl methyl sites for hydroxylation is 1. The molecule has 1 aromatic rings. The average molecular weight is 212 g/mol. The maximum absolute atomic E-state index is 10.7. The molecule has 0 spiro atoms. The van der Waals surface area contributed by atoms with Crippen molar-refractivity contribution in [1.82, 2.24) is 9.78 Å². The summed E-state index contributed by atoms with van der Waals surface area (Å²) in [6.45, 7) is 6.34. The largest absolute Gasteiger partial charge is 0.378 e. The molecule has 0 amide bonds. The SMILES string of the molecule is CCC(C)Cn1nc(C)c([N+](=O)[O-])c1N. The molecule has 0 bridgehead atoms. The number of rotatable bonds is 4. The highest BCUT2D eigenvalue weighted by Crippen LogP contribution is 2.25. The second-order valence-corrected chi connectivity index (χ2v) is 3.77. The van der Waals surface area contributed by atoms with Crippen LogP contribution in [-0.4, -0.2) is 14.7 Å². The molecule has 15 heavy (non-hydrogen) atoms. The number of nitrogens with zero attached hydrogens (tertiary/aromatic N) is 3. The fourth-order valence-corrected chi connectivity index (χ4v) is 1.38. The van der Waals surface area contributed by atoms with E-state index in [0.29, 0.717) is 18.2 Å². The molecule has 1 rings (SSSR count). The van der Waals surface area contributed by atoms with Gasteiger partial charge in [-0.1, -0.05) is 20.3 Å². The van der Waals surface area contributed by atoms with Gasteiger partial charge in [0.2, 0.25) is 5.82 Å². The van der Waals surface area contributed by atoms with E-state index in [1.165, 1.54) is 4.68 Å². The van der Waals surface area contributed by atoms with Gasteiger partial charge >= 0.3 is 5.69 Å². The Labute approximate surface area is 88.2 Å². The van der Waals surface area contributed by atoms with Crippen LogP contribution in [0.2, 0.25) is 0 Å². The van der Waals surface area contributed by atoms with Crippen molar-refractivity contribution in [2.75, 3.05) is 5.73 Å². The number of anilines is 1. The molecule has 0 fully saturated rings. The Morgan fingerprint density at radius 2 is 2.27 bits per heavy atom. The van der Waals surface area contributed by atoms with Crippen molar-refractivity contribution in [1.29, 1.82) is 0 Å². The molecule has 0 radical (unpaired) electrons. The van der Waals surface area contributed by atoms with Gasteiger partial charge in [0.15, 0.2) is 0 Å². The summed E-state index contributed by atoms with van der Waals surface area (Å²) in [4.78, 5) is 10.2. The molecule has 6 heteroatoms. The smallest absolute Gasteiger partial charge is 0.333 e. The number of hydrogen-bond acceptors (Lipinski definition) is 4. The van der Waals surface area contributed by atoms with E-state index in [4.69, 9.17) is 5.73 Å². The maximum atomic E-state index is 10.7. The fourth-order valence-electron chi connectivity index (χ4n) is 1.38. The minimum absolute atomic E-state index is 0.0710. The van der Waals surface area contributed by atoms with Crippen molar-refractivity contribution in [2.45, 2.75) is 33.7 Å². The molecule has 6 nitrogen and oxygen atoms in total. The lowest BCUT2D eigenvalue weighted by Crippen LogP contribution is -2.11. The second-order valence-electron chi connectivity index (χ2n) is 3.77. The van der Waals surface area contributed by atoms with E-state index in [0.717, 1.165) is 6.42 Å². The first-order chi connectivity index (χ1) is 6.97. The zero-order valence-electron chi connectivity index (χ0n) is 9.23. The Morgan fingerprint density at radius 3 is 2.67 bits per heavy atom. The van der Waals surface area contributed by atoms with E-state index < -0.39 is 4.92 Å². The molecule has 1 heterocycles. The summed E-state index contributed by atoms with van der Waals surface area (Å²) in [7, 11) is 0. The monoisotopic (exact) mass is 212 g/mol. The van der Waals surface area contributed by atoms with E-state index in [-0.39, 0.29) is 11.5 Å². The summed E-state index contributed by atoms with van der Waals surface area (Å²) in [6.07, 6.45) is 0.992. The first-order valence-corrected chi connectivity index (χ1v) is 4.94. The van der Waals surface area contributed by atoms with Gasteiger partial charge < -0.3 is 5.73 Å². The molecule has 1 aromatic heterocycles. The third-order valence-corrected chi connectivity index (χ3v) is 2.50. The number of aromatic nitrogens is 2. The molecular formula is C9H16N4O2. The summed E-state index contributed by atoms with van der Waals surface area (Å²) in [5, 5.41) is 14.8. The Balaban J connectivity index is 3.01. The highest BCUT2D eigenvalue weighted by atomic mass is 16.6. The van der Waals surface area contributed by atoms with Gasteiger partial charge in [0.25, 0.3) is 0 Å². The van der Waals surface area contributed by atoms with Gasteiger partial charge in [-0.25, -0.2) is 4.68 Å². The van der Waals surface area contributed by atoms with E-state index in [1.807, 2.05) is 0 Å². The standard InChI is InChI=1S/C9H16N4O2/c1-4-6(2)5-12-9(10)8(13(14)15)7(3)11-12/h6H,4-5,10H2,1-3H3. The summed E-state index contributed by atoms with van der Waals surface area (Å²) >= 11 is 0. The van der Waals surface area contributed by atoms with E-state index >= 15 is 0 Å². The Hall–Kier alpha value is -1.59. The second kappa shape index (κ2) is 4.29. The lowest BCUT2D eigenvalue weighted by atomic mass is 10.1. The summed E-state index contributed by atoms with van der Waals surface area (Å²) in [5.41, 5.74) is 5.97. The van der Waals surface area contributed by atoms with Crippen molar-refractivity contribution in [3.63, 3.8) is 0 Å². The highest BCUT2D eigenvalue weighted by Gasteiger charge is 2.23. The first-order valence-electron chi connectivity index (χ1n) is 4.94. The summed E-state index contributed by atoms with van der Waals surface area (Å²) in [5.74, 6) is 0.559. The number of nitrogen functional groups attached to an aromatic ring is 1. The fraction of sp³-hybridized carbons (Fsp3) is 0.667. The minimum Gasteiger partial charge on any atom is -0.378 e. The van der Waals surface area contributed by atoms with Crippen LogP contribution < -0.4 is 5.73 Å². The van der Waals surface area contributed by atoms with Gasteiger partial charge in [-0.3, -0.25) is 10.1 Å². The maximum Gasteiger partial charge on any atom is 0.333 e. The van der Waals surface area contributed by atoms with Crippen LogP contribution >= 0.6 is 0 Å². The number of hydrogen-bond donors (Lipinski definition) is 1. The zero-order chi connectivity index (χ0) is 11.6. The van der Waals surface area contributed by atoms with E-state index in [2.05, 4.69) is 18.9 Å². The Bertz CT molecular complexity index is 372. The van der Waals surface area contributed by atoms with Crippen molar-refractivity contribution in [3.05, 3.63) is 15.8 Å². The minimum atomic E-state index is -0.481. The van der Waals surface area contributed by atoms with E-state index in [9.17, 15) is 10.1 Å². The van der Waals surface area contributed by atoms with Crippen LogP contribution in [0.25, 0.3) is 0 Å². The van der Waals surface area contributed by atoms with Crippen LogP contribution in [0, 0.1) is 23.0 Å². The predicted octanol–water partition coefficient (Wildman–Crippen LogP) is 1.73. The molecule has 0 aromatic carbocycles. The van der Waals surface area contributed by atoms with Crippen molar-refractivity contribution in [2.24, 2.45) is 5.92 Å². The predicted molar refractivity (Wildman–Crippen MR) is 57.5 cm³/mol. The third kappa shape index (κ3) is 2.26. The molecular weight excluding hydrogens is 196 g/mol. The molecule has 0 saturated heterocycles. The summed E-state index contributed by atoms with van der Waals surface area (Å²) in [6, 6.07) is 0. The van der Waals surface area contributed by atoms with Crippen LogP contribution in [0.1, 0.15) is 26.0 Å². The van der Waals surface area contributed by atoms with Crippen molar-refractivity contribution < 1.29 is 4.92 Å². The highest BCUT2D eigenvalue weighted by molar-refractivity contribution is 5.55. The number of nitro groups is 1. The van der Waals surface area contributed by atoms with Gasteiger partial charge in [-0.05, 0) is 12.8 Å². The zero-order valence-corrected chi connectivity index (χ0v) is 9.23. The Kier molecular flexibility index (Phi) is 3.28. The normalized spacial score (nSPS) is 12.7. The quantitative estimate of drug-likeness (QED) is 0.608. The molecule has 1 atom stereocenters. The first kappa shape index (κ1) is 11.5. The van der Waals surface area contributed by atoms with Crippen molar-refractivity contribution in [3.8, 4) is 0 Å². The van der Waals surface area contributed by atoms with Crippen LogP contribution in [0.5, 0.6) is 0 Å². The topological polar surface area (TPSA) is 87.0 Å². The number of nitrogens with two attached hydrogens (primary N) is 1. The van der Waals surface area contributed by atoms with Gasteiger partial charge in [0, 0.05) is 6.54 Å². The summed E-state index contributed by atoms with van der Waals surface area (Å²) < 4.78 is 1.52. The van der Waals surface area contributed by atoms with Gasteiger partial charge in [-0.2, -0.15) is 5.10 Å². The van der Waals surface area contributed by atoms with Crippen LogP contribution in [0.3, 0.4) is 0 Å². The van der Waals surface area contributed by atoms with Crippen LogP contribution in [0.4, 0.5) is 11.5 Å². The van der Waals surface area contributed by atoms with E-state index in [1.54, 1.807) is 6.92 Å².